The van der Waals surface area contributed by atoms with Crippen LogP contribution in [0.1, 0.15) is 19.3 Å². The molecule has 0 bridgehead atoms. The van der Waals surface area contributed by atoms with Gasteiger partial charge in [0.2, 0.25) is 0 Å². The van der Waals surface area contributed by atoms with Crippen LogP contribution < -0.4 is 0 Å². The van der Waals surface area contributed by atoms with Gasteiger partial charge in [-0.15, -0.1) is 0 Å². The molecule has 3 nitrogen and oxygen atoms in total. The Morgan fingerprint density at radius 1 is 1.57 bits per heavy atom. The predicted octanol–water partition coefficient (Wildman–Crippen LogP) is 1.13. The average Bonchev–Trinajstić information content (AvgIpc) is 2.81. The van der Waals surface area contributed by atoms with E-state index in [1.54, 1.807) is 0 Å². The first kappa shape index (κ1) is 10.7. The van der Waals surface area contributed by atoms with E-state index in [2.05, 4.69) is 4.90 Å². The standard InChI is InChI=1S/C10H19NO2S/c1-14-13-8-10(3-4-10)7-11-5-2-9(12)6-11/h9,12H,2-8H2,1H3/t9-/m1/s1. The van der Waals surface area contributed by atoms with Gasteiger partial charge in [-0.25, -0.2) is 0 Å². The fourth-order valence-corrected chi connectivity index (χ4v) is 2.51. The molecule has 2 fully saturated rings. The first-order valence-corrected chi connectivity index (χ1v) is 6.45. The molecule has 0 aromatic heterocycles. The van der Waals surface area contributed by atoms with E-state index < -0.39 is 0 Å². The SMILES string of the molecule is CSOCC1(CN2CC[C@@H](O)C2)CC1. The number of aliphatic hydroxyl groups excluding tert-OH is 1. The van der Waals surface area contributed by atoms with Crippen molar-refractivity contribution in [3.05, 3.63) is 0 Å². The molecule has 4 heteroatoms. The molecule has 2 rings (SSSR count). The third-order valence-corrected chi connectivity index (χ3v) is 3.60. The van der Waals surface area contributed by atoms with Crippen molar-refractivity contribution in [2.75, 3.05) is 32.5 Å². The van der Waals surface area contributed by atoms with Crippen molar-refractivity contribution in [3.8, 4) is 0 Å². The second kappa shape index (κ2) is 4.39. The smallest absolute Gasteiger partial charge is 0.0682 e. The van der Waals surface area contributed by atoms with E-state index in [0.717, 1.165) is 32.7 Å². The molecule has 1 heterocycles. The summed E-state index contributed by atoms with van der Waals surface area (Å²) >= 11 is 1.46. The summed E-state index contributed by atoms with van der Waals surface area (Å²) in [4.78, 5) is 2.38. The van der Waals surface area contributed by atoms with Crippen LogP contribution >= 0.6 is 12.0 Å². The number of likely N-dealkylation sites (tertiary alicyclic amines) is 1. The normalized spacial score (nSPS) is 30.9. The Balaban J connectivity index is 1.73. The lowest BCUT2D eigenvalue weighted by atomic mass is 10.1. The summed E-state index contributed by atoms with van der Waals surface area (Å²) in [5, 5.41) is 9.42. The van der Waals surface area contributed by atoms with Crippen molar-refractivity contribution in [1.29, 1.82) is 0 Å². The molecule has 14 heavy (non-hydrogen) atoms. The maximum atomic E-state index is 9.42. The Kier molecular flexibility index (Phi) is 3.37. The van der Waals surface area contributed by atoms with E-state index in [1.807, 2.05) is 6.26 Å². The quantitative estimate of drug-likeness (QED) is 0.700. The topological polar surface area (TPSA) is 32.7 Å². The lowest BCUT2D eigenvalue weighted by molar-refractivity contribution is 0.154. The zero-order valence-corrected chi connectivity index (χ0v) is 9.55. The molecule has 82 valence electrons. The largest absolute Gasteiger partial charge is 0.392 e. The van der Waals surface area contributed by atoms with E-state index in [4.69, 9.17) is 4.18 Å². The lowest BCUT2D eigenvalue weighted by Crippen LogP contribution is -2.31. The summed E-state index contributed by atoms with van der Waals surface area (Å²) in [6.45, 7) is 3.91. The number of β-amino-alcohol motifs (C(OH)–C–C–N with tert-alkyl or cyclic N) is 1. The van der Waals surface area contributed by atoms with Gasteiger partial charge in [-0.2, -0.15) is 0 Å². The van der Waals surface area contributed by atoms with Crippen LogP contribution in [0.15, 0.2) is 0 Å². The van der Waals surface area contributed by atoms with Gasteiger partial charge >= 0.3 is 0 Å². The molecule has 1 aliphatic heterocycles. The fraction of sp³-hybridized carbons (Fsp3) is 1.00. The maximum Gasteiger partial charge on any atom is 0.0682 e. The molecule has 1 saturated heterocycles. The minimum Gasteiger partial charge on any atom is -0.392 e. The van der Waals surface area contributed by atoms with E-state index in [9.17, 15) is 5.11 Å². The van der Waals surface area contributed by atoms with Gasteiger partial charge in [0.1, 0.15) is 0 Å². The van der Waals surface area contributed by atoms with Crippen molar-refractivity contribution < 1.29 is 9.29 Å². The summed E-state index contributed by atoms with van der Waals surface area (Å²) in [7, 11) is 0. The number of rotatable bonds is 5. The number of hydrogen-bond acceptors (Lipinski definition) is 4. The van der Waals surface area contributed by atoms with Crippen LogP contribution in [-0.4, -0.2) is 48.6 Å². The van der Waals surface area contributed by atoms with Gasteiger partial charge < -0.3 is 14.2 Å². The van der Waals surface area contributed by atoms with Crippen LogP contribution in [0.25, 0.3) is 0 Å². The molecule has 0 spiro atoms. The van der Waals surface area contributed by atoms with Crippen molar-refractivity contribution in [3.63, 3.8) is 0 Å². The highest BCUT2D eigenvalue weighted by Crippen LogP contribution is 2.47. The average molecular weight is 217 g/mol. The van der Waals surface area contributed by atoms with E-state index in [-0.39, 0.29) is 6.10 Å². The fourth-order valence-electron chi connectivity index (χ4n) is 2.14. The summed E-state index contributed by atoms with van der Waals surface area (Å²) in [5.41, 5.74) is 0.424. The molecule has 0 unspecified atom stereocenters. The van der Waals surface area contributed by atoms with Gasteiger partial charge in [-0.3, -0.25) is 0 Å². The van der Waals surface area contributed by atoms with Gasteiger partial charge in [0.05, 0.1) is 12.7 Å². The molecule has 0 aromatic carbocycles. The highest BCUT2D eigenvalue weighted by atomic mass is 32.2. The molecule has 0 aromatic rings. The van der Waals surface area contributed by atoms with Gasteiger partial charge in [0.15, 0.2) is 0 Å². The van der Waals surface area contributed by atoms with E-state index >= 15 is 0 Å². The van der Waals surface area contributed by atoms with E-state index in [1.165, 1.54) is 24.9 Å². The first-order valence-electron chi connectivity index (χ1n) is 5.30. The summed E-state index contributed by atoms with van der Waals surface area (Å²) in [6.07, 6.45) is 5.41. The molecule has 1 atom stereocenters. The Morgan fingerprint density at radius 2 is 2.36 bits per heavy atom. The molecule has 0 amide bonds. The monoisotopic (exact) mass is 217 g/mol. The van der Waals surface area contributed by atoms with Crippen molar-refractivity contribution in [2.24, 2.45) is 5.41 Å². The van der Waals surface area contributed by atoms with Gasteiger partial charge in [0.25, 0.3) is 0 Å². The minimum absolute atomic E-state index is 0.0905. The Bertz CT molecular complexity index is 197. The van der Waals surface area contributed by atoms with Crippen LogP contribution in [-0.2, 0) is 4.18 Å². The lowest BCUT2D eigenvalue weighted by Gasteiger charge is -2.22. The highest BCUT2D eigenvalue weighted by molar-refractivity contribution is 7.93. The van der Waals surface area contributed by atoms with Gasteiger partial charge in [-0.1, -0.05) is 0 Å². The molecular weight excluding hydrogens is 198 g/mol. The van der Waals surface area contributed by atoms with E-state index in [0.29, 0.717) is 5.41 Å². The van der Waals surface area contributed by atoms with Crippen LogP contribution in [0.5, 0.6) is 0 Å². The van der Waals surface area contributed by atoms with Crippen molar-refractivity contribution >= 4 is 12.0 Å². The number of hydrogen-bond donors (Lipinski definition) is 1. The number of aliphatic hydroxyl groups is 1. The Labute approximate surface area is 90.0 Å². The van der Waals surface area contributed by atoms with Crippen LogP contribution in [0, 0.1) is 5.41 Å². The van der Waals surface area contributed by atoms with Crippen molar-refractivity contribution in [1.82, 2.24) is 4.90 Å². The molecule has 1 aliphatic carbocycles. The van der Waals surface area contributed by atoms with Crippen LogP contribution in [0.4, 0.5) is 0 Å². The zero-order chi connectivity index (χ0) is 10.0. The molecule has 2 aliphatic rings. The predicted molar refractivity (Wildman–Crippen MR) is 58.2 cm³/mol. The Morgan fingerprint density at radius 3 is 2.86 bits per heavy atom. The molecule has 1 N–H and O–H groups in total. The third-order valence-electron chi connectivity index (χ3n) is 3.25. The summed E-state index contributed by atoms with van der Waals surface area (Å²) in [5.74, 6) is 0. The molecule has 1 saturated carbocycles. The highest BCUT2D eigenvalue weighted by Gasteiger charge is 2.45. The second-order valence-corrected chi connectivity index (χ2v) is 5.18. The Hall–Kier alpha value is 0.230. The van der Waals surface area contributed by atoms with Crippen molar-refractivity contribution in [2.45, 2.75) is 25.4 Å². The summed E-state index contributed by atoms with van der Waals surface area (Å²) < 4.78 is 5.43. The van der Waals surface area contributed by atoms with Crippen LogP contribution in [0.2, 0.25) is 0 Å². The van der Waals surface area contributed by atoms with Gasteiger partial charge in [-0.05, 0) is 31.3 Å². The second-order valence-electron chi connectivity index (χ2n) is 4.61. The van der Waals surface area contributed by atoms with Crippen LogP contribution in [0.3, 0.4) is 0 Å². The zero-order valence-electron chi connectivity index (χ0n) is 8.74. The minimum atomic E-state index is -0.0905. The maximum absolute atomic E-state index is 9.42. The van der Waals surface area contributed by atoms with Gasteiger partial charge in [0, 0.05) is 31.3 Å². The molecule has 0 radical (unpaired) electrons. The first-order chi connectivity index (χ1) is 6.74. The number of nitrogens with zero attached hydrogens (tertiary/aromatic N) is 1. The summed E-state index contributed by atoms with van der Waals surface area (Å²) in [6, 6.07) is 0. The molecular formula is C10H19NO2S. The third kappa shape index (κ3) is 2.63.